The lowest BCUT2D eigenvalue weighted by atomic mass is 9.82. The Kier molecular flexibility index (Phi) is 4.87. The van der Waals surface area contributed by atoms with Gasteiger partial charge < -0.3 is 10.1 Å². The van der Waals surface area contributed by atoms with Crippen molar-refractivity contribution in [3.8, 4) is 0 Å². The lowest BCUT2D eigenvalue weighted by Gasteiger charge is -2.31. The van der Waals surface area contributed by atoms with Crippen LogP contribution in [0.1, 0.15) is 52.9 Å². The zero-order chi connectivity index (χ0) is 12.3. The molecule has 2 heteroatoms. The lowest BCUT2D eigenvalue weighted by molar-refractivity contribution is 0.00198. The number of rotatable bonds is 6. The Morgan fingerprint density at radius 1 is 1.12 bits per heavy atom. The van der Waals surface area contributed by atoms with Gasteiger partial charge in [-0.2, -0.15) is 0 Å². The van der Waals surface area contributed by atoms with Crippen molar-refractivity contribution in [1.29, 1.82) is 0 Å². The van der Waals surface area contributed by atoms with Crippen LogP contribution in [0.4, 0.5) is 0 Å². The molecule has 0 bridgehead atoms. The fourth-order valence-electron chi connectivity index (χ4n) is 3.28. The minimum absolute atomic E-state index is 0.520. The van der Waals surface area contributed by atoms with Crippen molar-refractivity contribution in [3.63, 3.8) is 0 Å². The third kappa shape index (κ3) is 4.59. The maximum atomic E-state index is 6.01. The van der Waals surface area contributed by atoms with E-state index in [0.29, 0.717) is 12.1 Å². The first-order chi connectivity index (χ1) is 8.15. The first kappa shape index (κ1) is 13.4. The molecule has 2 saturated carbocycles. The zero-order valence-corrected chi connectivity index (χ0v) is 11.7. The van der Waals surface area contributed by atoms with Crippen LogP contribution in [-0.4, -0.2) is 25.3 Å². The Morgan fingerprint density at radius 2 is 1.76 bits per heavy atom. The molecule has 2 fully saturated rings. The summed E-state index contributed by atoms with van der Waals surface area (Å²) < 4.78 is 6.01. The number of nitrogens with one attached hydrogen (secondary N) is 1. The highest BCUT2D eigenvalue weighted by atomic mass is 16.5. The molecule has 2 aliphatic carbocycles. The van der Waals surface area contributed by atoms with Crippen molar-refractivity contribution in [3.05, 3.63) is 0 Å². The normalized spacial score (nSPS) is 35.8. The zero-order valence-electron chi connectivity index (χ0n) is 11.7. The van der Waals surface area contributed by atoms with Crippen LogP contribution in [0.3, 0.4) is 0 Å². The van der Waals surface area contributed by atoms with E-state index in [9.17, 15) is 0 Å². The highest BCUT2D eigenvalue weighted by molar-refractivity contribution is 4.83. The molecule has 0 amide bonds. The first-order valence-corrected chi connectivity index (χ1v) is 7.50. The van der Waals surface area contributed by atoms with Crippen molar-refractivity contribution in [2.24, 2.45) is 17.8 Å². The van der Waals surface area contributed by atoms with Crippen LogP contribution >= 0.6 is 0 Å². The summed E-state index contributed by atoms with van der Waals surface area (Å²) in [6.45, 7) is 8.94. The molecule has 0 aliphatic heterocycles. The van der Waals surface area contributed by atoms with E-state index < -0.39 is 0 Å². The number of ether oxygens (including phenoxy) is 1. The molecular formula is C15H29NO. The van der Waals surface area contributed by atoms with Gasteiger partial charge in [0.1, 0.15) is 0 Å². The first-order valence-electron chi connectivity index (χ1n) is 7.50. The molecule has 3 atom stereocenters. The van der Waals surface area contributed by atoms with Gasteiger partial charge in [0.15, 0.2) is 0 Å². The second-order valence-electron chi connectivity index (χ2n) is 6.49. The molecule has 2 nitrogen and oxygen atoms in total. The van der Waals surface area contributed by atoms with Gasteiger partial charge in [-0.05, 0) is 56.8 Å². The van der Waals surface area contributed by atoms with E-state index in [4.69, 9.17) is 4.74 Å². The van der Waals surface area contributed by atoms with E-state index in [2.05, 4.69) is 26.1 Å². The summed E-state index contributed by atoms with van der Waals surface area (Å²) in [5.41, 5.74) is 0. The Hall–Kier alpha value is -0.0800. The summed E-state index contributed by atoms with van der Waals surface area (Å²) in [6, 6.07) is 0.697. The van der Waals surface area contributed by atoms with Crippen LogP contribution in [0.2, 0.25) is 0 Å². The van der Waals surface area contributed by atoms with E-state index in [1.54, 1.807) is 0 Å². The smallest absolute Gasteiger partial charge is 0.0594 e. The molecular weight excluding hydrogens is 210 g/mol. The average Bonchev–Trinajstić information content (AvgIpc) is 3.06. The molecule has 0 radical (unpaired) electrons. The molecule has 3 unspecified atom stereocenters. The van der Waals surface area contributed by atoms with E-state index >= 15 is 0 Å². The van der Waals surface area contributed by atoms with E-state index in [-0.39, 0.29) is 0 Å². The maximum Gasteiger partial charge on any atom is 0.0594 e. The van der Waals surface area contributed by atoms with Gasteiger partial charge in [-0.3, -0.25) is 0 Å². The largest absolute Gasteiger partial charge is 0.377 e. The third-order valence-electron chi connectivity index (χ3n) is 4.39. The molecule has 0 heterocycles. The second kappa shape index (κ2) is 6.19. The molecule has 0 spiro atoms. The van der Waals surface area contributed by atoms with Crippen LogP contribution in [0.25, 0.3) is 0 Å². The van der Waals surface area contributed by atoms with Gasteiger partial charge in [0.25, 0.3) is 0 Å². The van der Waals surface area contributed by atoms with Crippen molar-refractivity contribution < 1.29 is 4.74 Å². The van der Waals surface area contributed by atoms with Gasteiger partial charge >= 0.3 is 0 Å². The molecule has 1 N–H and O–H groups in total. The third-order valence-corrected chi connectivity index (χ3v) is 4.39. The van der Waals surface area contributed by atoms with Gasteiger partial charge in [0.05, 0.1) is 12.7 Å². The number of hydrogen-bond donors (Lipinski definition) is 1. The predicted molar refractivity (Wildman–Crippen MR) is 72.1 cm³/mol. The van der Waals surface area contributed by atoms with Crippen LogP contribution in [0.15, 0.2) is 0 Å². The minimum atomic E-state index is 0.520. The molecule has 0 aromatic rings. The van der Waals surface area contributed by atoms with Crippen LogP contribution in [0, 0.1) is 17.8 Å². The van der Waals surface area contributed by atoms with Crippen LogP contribution in [-0.2, 0) is 4.74 Å². The summed E-state index contributed by atoms with van der Waals surface area (Å²) >= 11 is 0. The second-order valence-corrected chi connectivity index (χ2v) is 6.49. The predicted octanol–water partition coefficient (Wildman–Crippen LogP) is 3.22. The topological polar surface area (TPSA) is 21.3 Å². The molecule has 100 valence electrons. The molecule has 2 rings (SSSR count). The van der Waals surface area contributed by atoms with Crippen LogP contribution in [0.5, 0.6) is 0 Å². The Labute approximate surface area is 107 Å². The Balaban J connectivity index is 1.54. The molecule has 0 saturated heterocycles. The quantitative estimate of drug-likeness (QED) is 0.719. The van der Waals surface area contributed by atoms with Gasteiger partial charge in [0, 0.05) is 12.6 Å². The van der Waals surface area contributed by atoms with Gasteiger partial charge in [0.2, 0.25) is 0 Å². The minimum Gasteiger partial charge on any atom is -0.377 e. The molecule has 0 aromatic heterocycles. The van der Waals surface area contributed by atoms with Gasteiger partial charge in [-0.15, -0.1) is 0 Å². The Morgan fingerprint density at radius 3 is 2.35 bits per heavy atom. The SMILES string of the molecule is CC1CC(C)CC(OCCNC(C)C2CC2)C1. The monoisotopic (exact) mass is 239 g/mol. The van der Waals surface area contributed by atoms with Crippen molar-refractivity contribution in [1.82, 2.24) is 5.32 Å². The van der Waals surface area contributed by atoms with E-state index in [1.807, 2.05) is 0 Å². The number of hydrogen-bond acceptors (Lipinski definition) is 2. The fourth-order valence-corrected chi connectivity index (χ4v) is 3.28. The molecule has 0 aromatic carbocycles. The maximum absolute atomic E-state index is 6.01. The van der Waals surface area contributed by atoms with E-state index in [1.165, 1.54) is 32.1 Å². The highest BCUT2D eigenvalue weighted by Crippen LogP contribution is 2.32. The molecule has 17 heavy (non-hydrogen) atoms. The lowest BCUT2D eigenvalue weighted by Crippen LogP contribution is -2.33. The van der Waals surface area contributed by atoms with Gasteiger partial charge in [-0.25, -0.2) is 0 Å². The van der Waals surface area contributed by atoms with Crippen molar-refractivity contribution in [2.75, 3.05) is 13.2 Å². The van der Waals surface area contributed by atoms with Gasteiger partial charge in [-0.1, -0.05) is 13.8 Å². The Bertz CT molecular complexity index is 217. The fraction of sp³-hybridized carbons (Fsp3) is 1.00. The van der Waals surface area contributed by atoms with Crippen molar-refractivity contribution >= 4 is 0 Å². The summed E-state index contributed by atoms with van der Waals surface area (Å²) in [5, 5.41) is 3.58. The summed E-state index contributed by atoms with van der Waals surface area (Å²) in [6.07, 6.45) is 7.29. The molecule has 2 aliphatic rings. The van der Waals surface area contributed by atoms with Crippen LogP contribution < -0.4 is 5.32 Å². The van der Waals surface area contributed by atoms with Crippen molar-refractivity contribution in [2.45, 2.75) is 65.0 Å². The standard InChI is InChI=1S/C15H29NO/c1-11-8-12(2)10-15(9-11)17-7-6-16-13(3)14-4-5-14/h11-16H,4-10H2,1-3H3. The summed E-state index contributed by atoms with van der Waals surface area (Å²) in [4.78, 5) is 0. The summed E-state index contributed by atoms with van der Waals surface area (Å²) in [5.74, 6) is 2.65. The van der Waals surface area contributed by atoms with E-state index in [0.717, 1.165) is 30.9 Å². The highest BCUT2D eigenvalue weighted by Gasteiger charge is 2.27. The summed E-state index contributed by atoms with van der Waals surface area (Å²) in [7, 11) is 0. The average molecular weight is 239 g/mol.